The SMILES string of the molecule is Cc1cc(OCC(C)C)cc(-c2ccc(C(=O)NS(=O)(=O)N3CCC(N)C3)c(N3CC(C)CC3(C)C)n2)c1. The van der Waals surface area contributed by atoms with Gasteiger partial charge in [-0.15, -0.1) is 0 Å². The first-order chi connectivity index (χ1) is 17.7. The van der Waals surface area contributed by atoms with Crippen LogP contribution in [0.25, 0.3) is 11.3 Å². The van der Waals surface area contributed by atoms with E-state index in [1.165, 1.54) is 4.31 Å². The second kappa shape index (κ2) is 10.8. The third-order valence-electron chi connectivity index (χ3n) is 7.13. The molecule has 10 heteroatoms. The quantitative estimate of drug-likeness (QED) is 0.521. The highest BCUT2D eigenvalue weighted by Crippen LogP contribution is 2.38. The van der Waals surface area contributed by atoms with E-state index in [1.807, 2.05) is 25.1 Å². The summed E-state index contributed by atoms with van der Waals surface area (Å²) in [6, 6.07) is 9.20. The van der Waals surface area contributed by atoms with Gasteiger partial charge in [-0.1, -0.05) is 20.8 Å². The Hall–Kier alpha value is -2.69. The average Bonchev–Trinajstić information content (AvgIpc) is 3.38. The molecular formula is C28H41N5O4S. The van der Waals surface area contributed by atoms with Crippen molar-refractivity contribution in [3.05, 3.63) is 41.5 Å². The summed E-state index contributed by atoms with van der Waals surface area (Å²) in [5.41, 5.74) is 8.48. The van der Waals surface area contributed by atoms with E-state index >= 15 is 0 Å². The number of aryl methyl sites for hydroxylation is 1. The maximum Gasteiger partial charge on any atom is 0.304 e. The van der Waals surface area contributed by atoms with Crippen molar-refractivity contribution in [2.75, 3.05) is 31.1 Å². The molecule has 1 aromatic heterocycles. The molecule has 1 amide bonds. The van der Waals surface area contributed by atoms with Crippen molar-refractivity contribution in [2.45, 2.75) is 66.0 Å². The van der Waals surface area contributed by atoms with Gasteiger partial charge in [-0.3, -0.25) is 4.79 Å². The molecule has 0 radical (unpaired) electrons. The molecule has 3 N–H and O–H groups in total. The molecule has 4 rings (SSSR count). The number of benzene rings is 1. The predicted molar refractivity (Wildman–Crippen MR) is 151 cm³/mol. The highest BCUT2D eigenvalue weighted by atomic mass is 32.2. The summed E-state index contributed by atoms with van der Waals surface area (Å²) in [5, 5.41) is 0. The number of carbonyl (C=O) groups excluding carboxylic acids is 1. The number of aromatic nitrogens is 1. The molecule has 2 aliphatic heterocycles. The molecule has 208 valence electrons. The molecule has 0 saturated carbocycles. The van der Waals surface area contributed by atoms with Gasteiger partial charge in [-0.05, 0) is 81.3 Å². The third-order valence-corrected chi connectivity index (χ3v) is 8.58. The van der Waals surface area contributed by atoms with Crippen molar-refractivity contribution in [3.8, 4) is 17.0 Å². The van der Waals surface area contributed by atoms with Gasteiger partial charge in [0.1, 0.15) is 11.6 Å². The molecule has 38 heavy (non-hydrogen) atoms. The number of nitrogens with one attached hydrogen (secondary N) is 1. The van der Waals surface area contributed by atoms with Gasteiger partial charge in [0.05, 0.1) is 17.9 Å². The minimum Gasteiger partial charge on any atom is -0.493 e. The lowest BCUT2D eigenvalue weighted by atomic mass is 9.97. The number of carbonyl (C=O) groups is 1. The number of amides is 1. The molecule has 2 saturated heterocycles. The Morgan fingerprint density at radius 1 is 1.24 bits per heavy atom. The number of pyridine rings is 1. The van der Waals surface area contributed by atoms with Gasteiger partial charge < -0.3 is 15.4 Å². The molecule has 1 aromatic carbocycles. The fourth-order valence-electron chi connectivity index (χ4n) is 5.40. The summed E-state index contributed by atoms with van der Waals surface area (Å²) in [4.78, 5) is 20.5. The van der Waals surface area contributed by atoms with Crippen LogP contribution in [0.3, 0.4) is 0 Å². The van der Waals surface area contributed by atoms with Crippen molar-refractivity contribution >= 4 is 21.9 Å². The lowest BCUT2D eigenvalue weighted by molar-refractivity contribution is 0.0979. The van der Waals surface area contributed by atoms with Crippen LogP contribution < -0.4 is 20.1 Å². The number of hydrogen-bond donors (Lipinski definition) is 2. The topological polar surface area (TPSA) is 118 Å². The van der Waals surface area contributed by atoms with Crippen LogP contribution in [0, 0.1) is 18.8 Å². The molecule has 3 heterocycles. The molecule has 9 nitrogen and oxygen atoms in total. The molecule has 0 spiro atoms. The smallest absolute Gasteiger partial charge is 0.304 e. The van der Waals surface area contributed by atoms with Crippen molar-refractivity contribution in [1.82, 2.24) is 14.0 Å². The summed E-state index contributed by atoms with van der Waals surface area (Å²) in [5.74, 6) is 1.35. The van der Waals surface area contributed by atoms with E-state index < -0.39 is 16.1 Å². The van der Waals surface area contributed by atoms with Crippen LogP contribution in [-0.4, -0.2) is 61.4 Å². The maximum atomic E-state index is 13.4. The van der Waals surface area contributed by atoms with Crippen LogP contribution in [0.15, 0.2) is 30.3 Å². The standard InChI is InChI=1S/C28H41N5O4S/c1-18(2)17-37-23-12-19(3)11-21(13-23)25-8-7-24(26(30-25)33-15-20(4)14-28(33,5)6)27(34)31-38(35,36)32-10-9-22(29)16-32/h7-8,11-13,18,20,22H,9-10,14-17,29H2,1-6H3,(H,31,34). The van der Waals surface area contributed by atoms with Gasteiger partial charge >= 0.3 is 10.2 Å². The summed E-state index contributed by atoms with van der Waals surface area (Å²) < 4.78 is 35.3. The Bertz CT molecular complexity index is 1290. The molecule has 2 unspecified atom stereocenters. The van der Waals surface area contributed by atoms with Crippen LogP contribution in [0.5, 0.6) is 5.75 Å². The lowest BCUT2D eigenvalue weighted by Gasteiger charge is -2.34. The largest absolute Gasteiger partial charge is 0.493 e. The van der Waals surface area contributed by atoms with Gasteiger partial charge in [0.15, 0.2) is 0 Å². The first-order valence-electron chi connectivity index (χ1n) is 13.4. The van der Waals surface area contributed by atoms with Crippen molar-refractivity contribution in [3.63, 3.8) is 0 Å². The van der Waals surface area contributed by atoms with E-state index in [-0.39, 0.29) is 23.7 Å². The van der Waals surface area contributed by atoms with Gasteiger partial charge in [-0.2, -0.15) is 12.7 Å². The van der Waals surface area contributed by atoms with Crippen LogP contribution in [0.2, 0.25) is 0 Å². The van der Waals surface area contributed by atoms with E-state index in [2.05, 4.69) is 44.2 Å². The minimum atomic E-state index is -4.02. The fourth-order valence-corrected chi connectivity index (χ4v) is 6.61. The highest BCUT2D eigenvalue weighted by Gasteiger charge is 2.40. The zero-order valence-electron chi connectivity index (χ0n) is 23.3. The Balaban J connectivity index is 1.73. The van der Waals surface area contributed by atoms with Gasteiger partial charge in [0, 0.05) is 36.8 Å². The number of anilines is 1. The molecule has 0 bridgehead atoms. The average molecular weight is 544 g/mol. The zero-order chi connectivity index (χ0) is 27.8. The van der Waals surface area contributed by atoms with Crippen molar-refractivity contribution in [2.24, 2.45) is 17.6 Å². The second-order valence-electron chi connectivity index (χ2n) is 11.9. The number of ether oxygens (including phenoxy) is 1. The Morgan fingerprint density at radius 3 is 2.58 bits per heavy atom. The predicted octanol–water partition coefficient (Wildman–Crippen LogP) is 3.72. The number of hydrogen-bond acceptors (Lipinski definition) is 7. The van der Waals surface area contributed by atoms with E-state index in [4.69, 9.17) is 15.5 Å². The molecular weight excluding hydrogens is 502 g/mol. The van der Waals surface area contributed by atoms with E-state index in [0.29, 0.717) is 49.5 Å². The Labute approximate surface area is 226 Å². The normalized spacial score (nSPS) is 21.7. The number of nitrogens with zero attached hydrogens (tertiary/aromatic N) is 3. The van der Waals surface area contributed by atoms with Crippen LogP contribution >= 0.6 is 0 Å². The number of nitrogens with two attached hydrogens (primary N) is 1. The maximum absolute atomic E-state index is 13.4. The Morgan fingerprint density at radius 2 is 1.97 bits per heavy atom. The summed E-state index contributed by atoms with van der Waals surface area (Å²) in [6.45, 7) is 14.4. The summed E-state index contributed by atoms with van der Waals surface area (Å²) in [6.07, 6.45) is 1.50. The highest BCUT2D eigenvalue weighted by molar-refractivity contribution is 7.87. The van der Waals surface area contributed by atoms with E-state index in [1.54, 1.807) is 12.1 Å². The zero-order valence-corrected chi connectivity index (χ0v) is 24.1. The minimum absolute atomic E-state index is 0.192. The molecule has 2 aromatic rings. The molecule has 2 aliphatic rings. The third kappa shape index (κ3) is 6.30. The van der Waals surface area contributed by atoms with Gasteiger partial charge in [0.25, 0.3) is 5.91 Å². The second-order valence-corrected chi connectivity index (χ2v) is 13.6. The van der Waals surface area contributed by atoms with Crippen LogP contribution in [0.1, 0.15) is 63.4 Å². The first-order valence-corrected chi connectivity index (χ1v) is 14.8. The fraction of sp³-hybridized carbons (Fsp3) is 0.571. The van der Waals surface area contributed by atoms with Crippen molar-refractivity contribution in [1.29, 1.82) is 0 Å². The summed E-state index contributed by atoms with van der Waals surface area (Å²) >= 11 is 0. The van der Waals surface area contributed by atoms with E-state index in [9.17, 15) is 13.2 Å². The summed E-state index contributed by atoms with van der Waals surface area (Å²) in [7, 11) is -4.02. The lowest BCUT2D eigenvalue weighted by Crippen LogP contribution is -2.44. The van der Waals surface area contributed by atoms with E-state index in [0.717, 1.165) is 23.3 Å². The van der Waals surface area contributed by atoms with Crippen LogP contribution in [-0.2, 0) is 10.2 Å². The monoisotopic (exact) mass is 543 g/mol. The van der Waals surface area contributed by atoms with Gasteiger partial charge in [0.2, 0.25) is 0 Å². The molecule has 2 atom stereocenters. The first kappa shape index (κ1) is 28.3. The van der Waals surface area contributed by atoms with Crippen LogP contribution in [0.4, 0.5) is 5.82 Å². The van der Waals surface area contributed by atoms with Crippen molar-refractivity contribution < 1.29 is 17.9 Å². The number of rotatable bonds is 8. The molecule has 2 fully saturated rings. The van der Waals surface area contributed by atoms with Gasteiger partial charge in [-0.25, -0.2) is 9.71 Å². The molecule has 0 aliphatic carbocycles. The Kier molecular flexibility index (Phi) is 8.07.